The van der Waals surface area contributed by atoms with Crippen molar-refractivity contribution < 1.29 is 18.3 Å². The van der Waals surface area contributed by atoms with Gasteiger partial charge in [0.15, 0.2) is 6.10 Å². The maximum Gasteiger partial charge on any atom is 0.418 e. The molecule has 0 bridgehead atoms. The molecule has 1 rings (SSSR count). The molecule has 0 amide bonds. The monoisotopic (exact) mass is 175 g/mol. The molecule has 1 unspecified atom stereocenters. The first-order chi connectivity index (χ1) is 5.52. The number of halogens is 3. The Bertz CT molecular complexity index is 242. The first-order valence-corrected chi connectivity index (χ1v) is 3.23. The third kappa shape index (κ3) is 1.98. The maximum atomic E-state index is 11.9. The molecule has 12 heavy (non-hydrogen) atoms. The minimum absolute atomic E-state index is 0.259. The van der Waals surface area contributed by atoms with Gasteiger partial charge in [0, 0.05) is 0 Å². The maximum absolute atomic E-state index is 11.9. The van der Waals surface area contributed by atoms with Gasteiger partial charge >= 0.3 is 6.18 Å². The molecule has 65 valence electrons. The molecule has 0 aliphatic heterocycles. The number of hydrogen-bond donors (Lipinski definition) is 1. The molecule has 1 aromatic rings. The molecule has 0 spiro atoms. The van der Waals surface area contributed by atoms with Gasteiger partial charge in [0.05, 0.1) is 0 Å². The van der Waals surface area contributed by atoms with E-state index in [1.807, 2.05) is 0 Å². The first-order valence-electron chi connectivity index (χ1n) is 3.23. The molecule has 1 nitrogen and oxygen atoms in total. The number of benzene rings is 1. The molecule has 0 saturated heterocycles. The summed E-state index contributed by atoms with van der Waals surface area (Å²) in [7, 11) is 0. The van der Waals surface area contributed by atoms with Gasteiger partial charge in [-0.15, -0.1) is 0 Å². The molecule has 1 aromatic carbocycles. The number of hydrogen-bond acceptors (Lipinski definition) is 1. The summed E-state index contributed by atoms with van der Waals surface area (Å²) < 4.78 is 35.6. The molecule has 0 aliphatic carbocycles. The quantitative estimate of drug-likeness (QED) is 0.692. The Morgan fingerprint density at radius 2 is 2.00 bits per heavy atom. The largest absolute Gasteiger partial charge is 0.418 e. The van der Waals surface area contributed by atoms with Crippen LogP contribution >= 0.6 is 0 Å². The van der Waals surface area contributed by atoms with E-state index in [2.05, 4.69) is 6.07 Å². The smallest absolute Gasteiger partial charge is 0.379 e. The fourth-order valence-electron chi connectivity index (χ4n) is 0.754. The molecule has 0 saturated carbocycles. The van der Waals surface area contributed by atoms with Crippen LogP contribution in [0.25, 0.3) is 0 Å². The van der Waals surface area contributed by atoms with Crippen molar-refractivity contribution in [3.63, 3.8) is 0 Å². The zero-order chi connectivity index (χ0) is 9.19. The van der Waals surface area contributed by atoms with Gasteiger partial charge < -0.3 is 5.11 Å². The van der Waals surface area contributed by atoms with Gasteiger partial charge in [-0.1, -0.05) is 24.3 Å². The van der Waals surface area contributed by atoms with E-state index in [1.54, 1.807) is 0 Å². The summed E-state index contributed by atoms with van der Waals surface area (Å²) in [5.41, 5.74) is -0.259. The van der Waals surface area contributed by atoms with Crippen LogP contribution < -0.4 is 0 Å². The minimum Gasteiger partial charge on any atom is -0.379 e. The van der Waals surface area contributed by atoms with Crippen molar-refractivity contribution >= 4 is 0 Å². The standard InChI is InChI=1S/C8H6F3O/c9-8(10,11)7(12)6-4-2-1-3-5-6/h1-4,7,12H. The lowest BCUT2D eigenvalue weighted by atomic mass is 10.1. The number of alkyl halides is 3. The second kappa shape index (κ2) is 3.15. The molecule has 0 heterocycles. The van der Waals surface area contributed by atoms with Gasteiger partial charge in [-0.25, -0.2) is 0 Å². The third-order valence-electron chi connectivity index (χ3n) is 1.34. The average Bonchev–Trinajstić information content (AvgIpc) is 2.03. The van der Waals surface area contributed by atoms with E-state index in [9.17, 15) is 13.2 Å². The van der Waals surface area contributed by atoms with Crippen molar-refractivity contribution in [2.75, 3.05) is 0 Å². The van der Waals surface area contributed by atoms with Crippen molar-refractivity contribution in [2.45, 2.75) is 12.3 Å². The molecular formula is C8H6F3O. The molecule has 1 radical (unpaired) electrons. The van der Waals surface area contributed by atoms with Crippen molar-refractivity contribution in [1.82, 2.24) is 0 Å². The molecule has 0 fully saturated rings. The lowest BCUT2D eigenvalue weighted by Crippen LogP contribution is -2.20. The van der Waals surface area contributed by atoms with Crippen LogP contribution in [0.5, 0.6) is 0 Å². The Balaban J connectivity index is 2.86. The van der Waals surface area contributed by atoms with Gasteiger partial charge in [-0.2, -0.15) is 13.2 Å². The number of aliphatic hydroxyl groups is 1. The average molecular weight is 175 g/mol. The van der Waals surface area contributed by atoms with Crippen molar-refractivity contribution in [2.24, 2.45) is 0 Å². The summed E-state index contributed by atoms with van der Waals surface area (Å²) in [5.74, 6) is 0. The molecule has 0 aliphatic rings. The fourth-order valence-corrected chi connectivity index (χ4v) is 0.754. The van der Waals surface area contributed by atoms with E-state index < -0.39 is 12.3 Å². The van der Waals surface area contributed by atoms with Crippen LogP contribution in [0.2, 0.25) is 0 Å². The zero-order valence-corrected chi connectivity index (χ0v) is 5.97. The van der Waals surface area contributed by atoms with E-state index >= 15 is 0 Å². The highest BCUT2D eigenvalue weighted by Gasteiger charge is 2.39. The highest BCUT2D eigenvalue weighted by atomic mass is 19.4. The molecular weight excluding hydrogens is 169 g/mol. The van der Waals surface area contributed by atoms with Crippen LogP contribution in [-0.4, -0.2) is 11.3 Å². The number of rotatable bonds is 1. The summed E-state index contributed by atoms with van der Waals surface area (Å²) in [5, 5.41) is 8.70. The topological polar surface area (TPSA) is 20.2 Å². The Hall–Kier alpha value is -1.03. The normalized spacial score (nSPS) is 14.3. The molecule has 1 atom stereocenters. The summed E-state index contributed by atoms with van der Waals surface area (Å²) in [4.78, 5) is 0. The SMILES string of the molecule is OC(c1[c]cccc1)C(F)(F)F. The van der Waals surface area contributed by atoms with Crippen LogP contribution in [0.3, 0.4) is 0 Å². The summed E-state index contributed by atoms with van der Waals surface area (Å²) in [6, 6.07) is 7.76. The zero-order valence-electron chi connectivity index (χ0n) is 5.97. The van der Waals surface area contributed by atoms with Gasteiger partial charge in [-0.3, -0.25) is 0 Å². The van der Waals surface area contributed by atoms with Crippen LogP contribution in [0.15, 0.2) is 24.3 Å². The van der Waals surface area contributed by atoms with Gasteiger partial charge in [-0.05, 0) is 11.6 Å². The summed E-state index contributed by atoms with van der Waals surface area (Å²) in [6.45, 7) is 0. The lowest BCUT2D eigenvalue weighted by molar-refractivity contribution is -0.206. The predicted molar refractivity (Wildman–Crippen MR) is 36.3 cm³/mol. The molecule has 4 heteroatoms. The Morgan fingerprint density at radius 1 is 1.33 bits per heavy atom. The molecule has 0 aromatic heterocycles. The summed E-state index contributed by atoms with van der Waals surface area (Å²) in [6.07, 6.45) is -7.05. The predicted octanol–water partition coefficient (Wildman–Crippen LogP) is 2.08. The van der Waals surface area contributed by atoms with Crippen LogP contribution in [0.4, 0.5) is 13.2 Å². The Morgan fingerprint density at radius 3 is 2.42 bits per heavy atom. The van der Waals surface area contributed by atoms with E-state index in [1.165, 1.54) is 24.3 Å². The van der Waals surface area contributed by atoms with Crippen molar-refractivity contribution in [1.29, 1.82) is 0 Å². The summed E-state index contributed by atoms with van der Waals surface area (Å²) >= 11 is 0. The fraction of sp³-hybridized carbons (Fsp3) is 0.250. The van der Waals surface area contributed by atoms with Crippen molar-refractivity contribution in [3.05, 3.63) is 35.9 Å². The Labute approximate surface area is 67.5 Å². The molecule has 1 N–H and O–H groups in total. The van der Waals surface area contributed by atoms with E-state index in [0.29, 0.717) is 0 Å². The third-order valence-corrected chi connectivity index (χ3v) is 1.34. The Kier molecular flexibility index (Phi) is 2.38. The van der Waals surface area contributed by atoms with Gasteiger partial charge in [0.25, 0.3) is 0 Å². The van der Waals surface area contributed by atoms with Crippen molar-refractivity contribution in [3.8, 4) is 0 Å². The first kappa shape index (κ1) is 9.06. The lowest BCUT2D eigenvalue weighted by Gasteiger charge is -2.13. The second-order valence-electron chi connectivity index (χ2n) is 2.26. The highest BCUT2D eigenvalue weighted by molar-refractivity contribution is 5.16. The second-order valence-corrected chi connectivity index (χ2v) is 2.26. The van der Waals surface area contributed by atoms with Crippen LogP contribution in [0, 0.1) is 6.07 Å². The van der Waals surface area contributed by atoms with Crippen LogP contribution in [0.1, 0.15) is 11.7 Å². The number of aliphatic hydroxyl groups excluding tert-OH is 1. The van der Waals surface area contributed by atoms with Gasteiger partial charge in [0.1, 0.15) is 0 Å². The minimum atomic E-state index is -4.61. The van der Waals surface area contributed by atoms with E-state index in [-0.39, 0.29) is 5.56 Å². The van der Waals surface area contributed by atoms with E-state index in [0.717, 1.165) is 0 Å². The highest BCUT2D eigenvalue weighted by Crippen LogP contribution is 2.31. The van der Waals surface area contributed by atoms with Crippen LogP contribution in [-0.2, 0) is 0 Å². The van der Waals surface area contributed by atoms with E-state index in [4.69, 9.17) is 5.11 Å². The van der Waals surface area contributed by atoms with Gasteiger partial charge in [0.2, 0.25) is 0 Å².